The average molecular weight is 382 g/mol. The van der Waals surface area contributed by atoms with Gasteiger partial charge in [-0.15, -0.1) is 0 Å². The molecular formula is C21H26N4O3. The fourth-order valence-corrected chi connectivity index (χ4v) is 4.34. The van der Waals surface area contributed by atoms with Crippen LogP contribution in [0.15, 0.2) is 35.5 Å². The fraction of sp³-hybridized carbons (Fsp3) is 0.476. The maximum atomic E-state index is 13.3. The molecule has 0 aliphatic carbocycles. The molecule has 4 amide bonds. The maximum Gasteiger partial charge on any atom is 0.322 e. The first-order chi connectivity index (χ1) is 13.4. The molecule has 0 radical (unpaired) electrons. The molecule has 3 aliphatic rings. The monoisotopic (exact) mass is 382 g/mol. The van der Waals surface area contributed by atoms with Gasteiger partial charge < -0.3 is 15.1 Å². The van der Waals surface area contributed by atoms with Gasteiger partial charge in [0, 0.05) is 20.1 Å². The van der Waals surface area contributed by atoms with Crippen molar-refractivity contribution in [3.63, 3.8) is 0 Å². The predicted octanol–water partition coefficient (Wildman–Crippen LogP) is 1.80. The van der Waals surface area contributed by atoms with Crippen molar-refractivity contribution in [3.05, 3.63) is 46.7 Å². The van der Waals surface area contributed by atoms with Crippen LogP contribution in [0.1, 0.15) is 36.9 Å². The molecule has 2 unspecified atom stereocenters. The third-order valence-corrected chi connectivity index (χ3v) is 6.01. The van der Waals surface area contributed by atoms with Gasteiger partial charge in [0.05, 0.1) is 23.9 Å². The summed E-state index contributed by atoms with van der Waals surface area (Å²) < 4.78 is 0. The molecule has 2 atom stereocenters. The van der Waals surface area contributed by atoms with Gasteiger partial charge in [-0.1, -0.05) is 29.8 Å². The molecule has 7 nitrogen and oxygen atoms in total. The van der Waals surface area contributed by atoms with Crippen LogP contribution in [0.25, 0.3) is 0 Å². The summed E-state index contributed by atoms with van der Waals surface area (Å²) in [7, 11) is 1.67. The smallest absolute Gasteiger partial charge is 0.322 e. The molecule has 1 N–H and O–H groups in total. The highest BCUT2D eigenvalue weighted by Crippen LogP contribution is 2.36. The van der Waals surface area contributed by atoms with Crippen molar-refractivity contribution in [3.8, 4) is 0 Å². The number of hydrogen-bond donors (Lipinski definition) is 1. The van der Waals surface area contributed by atoms with Crippen molar-refractivity contribution < 1.29 is 14.4 Å². The molecule has 3 heterocycles. The normalized spacial score (nSPS) is 23.2. The number of likely N-dealkylation sites (tertiary alicyclic amines) is 1. The largest absolute Gasteiger partial charge is 0.341 e. The molecule has 0 aromatic heterocycles. The second-order valence-electron chi connectivity index (χ2n) is 7.86. The van der Waals surface area contributed by atoms with E-state index in [0.29, 0.717) is 11.3 Å². The van der Waals surface area contributed by atoms with Gasteiger partial charge in [-0.3, -0.25) is 14.5 Å². The van der Waals surface area contributed by atoms with Crippen molar-refractivity contribution in [1.82, 2.24) is 20.0 Å². The van der Waals surface area contributed by atoms with Crippen LogP contribution in [-0.2, 0) is 9.59 Å². The molecular weight excluding hydrogens is 356 g/mol. The van der Waals surface area contributed by atoms with Crippen LogP contribution in [-0.4, -0.2) is 65.3 Å². The van der Waals surface area contributed by atoms with Crippen molar-refractivity contribution in [2.24, 2.45) is 0 Å². The Hall–Kier alpha value is -2.83. The number of aryl methyl sites for hydroxylation is 1. The number of amides is 4. The highest BCUT2D eigenvalue weighted by atomic mass is 16.2. The molecule has 7 heteroatoms. The SMILES string of the molecule is Cc1cccc(C2NC(=O)N(C)C3=C2C(=O)N(C(C)C(=O)N2CCCC2)C3)c1. The van der Waals surface area contributed by atoms with E-state index in [0.717, 1.165) is 37.1 Å². The molecule has 28 heavy (non-hydrogen) atoms. The van der Waals surface area contributed by atoms with Gasteiger partial charge in [-0.25, -0.2) is 4.79 Å². The topological polar surface area (TPSA) is 73.0 Å². The first-order valence-electron chi connectivity index (χ1n) is 9.82. The summed E-state index contributed by atoms with van der Waals surface area (Å²) in [5.74, 6) is -0.187. The highest BCUT2D eigenvalue weighted by molar-refractivity contribution is 6.03. The maximum absolute atomic E-state index is 13.3. The van der Waals surface area contributed by atoms with Crippen LogP contribution in [0.4, 0.5) is 4.79 Å². The van der Waals surface area contributed by atoms with E-state index in [4.69, 9.17) is 0 Å². The van der Waals surface area contributed by atoms with Crippen LogP contribution < -0.4 is 5.32 Å². The van der Waals surface area contributed by atoms with Crippen molar-refractivity contribution in [2.45, 2.75) is 38.8 Å². The average Bonchev–Trinajstić information content (AvgIpc) is 3.32. The van der Waals surface area contributed by atoms with Crippen LogP contribution in [0, 0.1) is 6.92 Å². The number of nitrogens with zero attached hydrogens (tertiary/aromatic N) is 3. The Morgan fingerprint density at radius 1 is 1.21 bits per heavy atom. The zero-order chi connectivity index (χ0) is 20.0. The molecule has 0 spiro atoms. The number of likely N-dealkylation sites (N-methyl/N-ethyl adjacent to an activating group) is 1. The Morgan fingerprint density at radius 2 is 1.93 bits per heavy atom. The molecule has 1 saturated heterocycles. The second-order valence-corrected chi connectivity index (χ2v) is 7.86. The first-order valence-corrected chi connectivity index (χ1v) is 9.82. The standard InChI is InChI=1S/C21H26N4O3/c1-13-7-6-8-15(11-13)18-17-16(23(3)21(28)22-18)12-25(20(17)27)14(2)19(26)24-9-4-5-10-24/h6-8,11,14,18H,4-5,9-10,12H2,1-3H3,(H,22,28). The van der Waals surface area contributed by atoms with Crippen LogP contribution in [0.2, 0.25) is 0 Å². The molecule has 3 aliphatic heterocycles. The Labute approximate surface area is 165 Å². The molecule has 4 rings (SSSR count). The summed E-state index contributed by atoms with van der Waals surface area (Å²) in [5, 5.41) is 2.94. The fourth-order valence-electron chi connectivity index (χ4n) is 4.34. The Kier molecular flexibility index (Phi) is 4.61. The van der Waals surface area contributed by atoms with E-state index in [2.05, 4.69) is 5.32 Å². The minimum atomic E-state index is -0.544. The summed E-state index contributed by atoms with van der Waals surface area (Å²) in [6.45, 7) is 5.55. The summed E-state index contributed by atoms with van der Waals surface area (Å²) in [6.07, 6.45) is 2.02. The van der Waals surface area contributed by atoms with E-state index in [9.17, 15) is 14.4 Å². The second kappa shape index (κ2) is 6.96. The quantitative estimate of drug-likeness (QED) is 0.866. The number of rotatable bonds is 3. The zero-order valence-corrected chi connectivity index (χ0v) is 16.6. The van der Waals surface area contributed by atoms with Gasteiger partial charge in [0.25, 0.3) is 5.91 Å². The minimum Gasteiger partial charge on any atom is -0.341 e. The lowest BCUT2D eigenvalue weighted by molar-refractivity contribution is -0.141. The lowest BCUT2D eigenvalue weighted by atomic mass is 9.94. The Morgan fingerprint density at radius 3 is 2.61 bits per heavy atom. The van der Waals surface area contributed by atoms with Gasteiger partial charge in [0.2, 0.25) is 5.91 Å². The first kappa shape index (κ1) is 18.5. The Bertz CT molecular complexity index is 872. The number of benzene rings is 1. The summed E-state index contributed by atoms with van der Waals surface area (Å²) in [4.78, 5) is 43.6. The number of nitrogens with one attached hydrogen (secondary N) is 1. The minimum absolute atomic E-state index is 0.0141. The van der Waals surface area contributed by atoms with Crippen LogP contribution in [0.3, 0.4) is 0 Å². The van der Waals surface area contributed by atoms with E-state index < -0.39 is 12.1 Å². The van der Waals surface area contributed by atoms with Gasteiger partial charge >= 0.3 is 6.03 Å². The number of urea groups is 1. The van der Waals surface area contributed by atoms with E-state index in [-0.39, 0.29) is 24.4 Å². The molecule has 0 saturated carbocycles. The van der Waals surface area contributed by atoms with E-state index in [1.165, 1.54) is 4.90 Å². The summed E-state index contributed by atoms with van der Waals surface area (Å²) in [6, 6.07) is 6.53. The number of carbonyl (C=O) groups excluding carboxylic acids is 3. The van der Waals surface area contributed by atoms with Crippen molar-refractivity contribution >= 4 is 17.8 Å². The highest BCUT2D eigenvalue weighted by Gasteiger charge is 2.45. The molecule has 1 aromatic rings. The van der Waals surface area contributed by atoms with E-state index >= 15 is 0 Å². The molecule has 1 aromatic carbocycles. The predicted molar refractivity (Wildman–Crippen MR) is 104 cm³/mol. The lowest BCUT2D eigenvalue weighted by Crippen LogP contribution is -2.47. The van der Waals surface area contributed by atoms with Gasteiger partial charge in [-0.05, 0) is 32.3 Å². The number of hydrogen-bond acceptors (Lipinski definition) is 3. The van der Waals surface area contributed by atoms with Gasteiger partial charge in [0.1, 0.15) is 6.04 Å². The van der Waals surface area contributed by atoms with Gasteiger partial charge in [0.15, 0.2) is 0 Å². The van der Waals surface area contributed by atoms with E-state index in [1.54, 1.807) is 18.9 Å². The van der Waals surface area contributed by atoms with Gasteiger partial charge in [-0.2, -0.15) is 0 Å². The summed E-state index contributed by atoms with van der Waals surface area (Å²) >= 11 is 0. The summed E-state index contributed by atoms with van der Waals surface area (Å²) in [5.41, 5.74) is 3.19. The Balaban J connectivity index is 1.65. The molecule has 1 fully saturated rings. The molecule has 148 valence electrons. The third kappa shape index (κ3) is 2.95. The third-order valence-electron chi connectivity index (χ3n) is 6.01. The molecule has 0 bridgehead atoms. The van der Waals surface area contributed by atoms with Crippen molar-refractivity contribution in [1.29, 1.82) is 0 Å². The van der Waals surface area contributed by atoms with Crippen LogP contribution in [0.5, 0.6) is 0 Å². The van der Waals surface area contributed by atoms with Crippen LogP contribution >= 0.6 is 0 Å². The van der Waals surface area contributed by atoms with Crippen molar-refractivity contribution in [2.75, 3.05) is 26.7 Å². The lowest BCUT2D eigenvalue weighted by Gasteiger charge is -2.31. The van der Waals surface area contributed by atoms with E-state index in [1.807, 2.05) is 36.1 Å². The zero-order valence-electron chi connectivity index (χ0n) is 16.6. The number of carbonyl (C=O) groups is 3.